The molecule has 6 nitrogen and oxygen atoms in total. The Morgan fingerprint density at radius 1 is 1.22 bits per heavy atom. The highest BCUT2D eigenvalue weighted by Gasteiger charge is 2.65. The van der Waals surface area contributed by atoms with E-state index in [4.69, 9.17) is 22.1 Å². The second-order valence-electron chi connectivity index (χ2n) is 11.0. The second kappa shape index (κ2) is 8.00. The summed E-state index contributed by atoms with van der Waals surface area (Å²) in [5.41, 5.74) is 4.38. The minimum Gasteiger partial charge on any atom is -0.384 e. The molecule has 1 aliphatic carbocycles. The number of epoxide rings is 1. The number of primary amides is 1. The fourth-order valence-corrected chi connectivity index (χ4v) is 6.14. The number of piperidine rings is 1. The molecule has 3 fully saturated rings. The van der Waals surface area contributed by atoms with Crippen molar-refractivity contribution in [3.05, 3.63) is 34.9 Å². The number of ether oxygens (including phenoxy) is 1. The van der Waals surface area contributed by atoms with E-state index in [1.54, 1.807) is 12.1 Å². The zero-order chi connectivity index (χ0) is 23.5. The first-order valence-corrected chi connectivity index (χ1v) is 12.0. The molecule has 3 aliphatic rings. The van der Waals surface area contributed by atoms with Crippen LogP contribution in [0.3, 0.4) is 0 Å². The van der Waals surface area contributed by atoms with E-state index >= 15 is 0 Å². The van der Waals surface area contributed by atoms with Crippen LogP contribution in [0.15, 0.2) is 24.3 Å². The minimum absolute atomic E-state index is 0.0793. The van der Waals surface area contributed by atoms with Gasteiger partial charge in [-0.05, 0) is 49.3 Å². The Bertz CT molecular complexity index is 902. The lowest BCUT2D eigenvalue weighted by Gasteiger charge is -2.51. The number of hydrogen-bond acceptors (Lipinski definition) is 4. The highest BCUT2D eigenvalue weighted by molar-refractivity contribution is 6.30. The van der Waals surface area contributed by atoms with Crippen LogP contribution in [-0.4, -0.2) is 46.6 Å². The van der Waals surface area contributed by atoms with Gasteiger partial charge in [0.15, 0.2) is 0 Å². The van der Waals surface area contributed by atoms with Crippen LogP contribution in [0, 0.1) is 23.2 Å². The van der Waals surface area contributed by atoms with Crippen molar-refractivity contribution < 1.29 is 19.4 Å². The first-order valence-electron chi connectivity index (χ1n) is 11.6. The van der Waals surface area contributed by atoms with E-state index < -0.39 is 11.0 Å². The number of halogens is 1. The van der Waals surface area contributed by atoms with Crippen molar-refractivity contribution in [1.82, 2.24) is 4.90 Å². The lowest BCUT2D eigenvalue weighted by Crippen LogP contribution is -2.58. The molecule has 2 amide bonds. The predicted molar refractivity (Wildman–Crippen MR) is 123 cm³/mol. The molecule has 2 heterocycles. The first kappa shape index (κ1) is 23.5. The van der Waals surface area contributed by atoms with Crippen molar-refractivity contribution in [1.29, 1.82) is 0 Å². The summed E-state index contributed by atoms with van der Waals surface area (Å²) in [4.78, 5) is 27.2. The Morgan fingerprint density at radius 2 is 1.88 bits per heavy atom. The van der Waals surface area contributed by atoms with Gasteiger partial charge in [-0.3, -0.25) is 9.59 Å². The van der Waals surface area contributed by atoms with Crippen molar-refractivity contribution in [2.24, 2.45) is 28.9 Å². The Balaban J connectivity index is 1.50. The number of likely N-dealkylation sites (tertiary alicyclic amines) is 1. The fourth-order valence-electron chi connectivity index (χ4n) is 6.01. The second-order valence-corrected chi connectivity index (χ2v) is 11.4. The van der Waals surface area contributed by atoms with E-state index in [9.17, 15) is 14.7 Å². The van der Waals surface area contributed by atoms with Crippen molar-refractivity contribution in [3.8, 4) is 0 Å². The molecular weight excluding hydrogens is 428 g/mol. The third kappa shape index (κ3) is 3.84. The van der Waals surface area contributed by atoms with Crippen molar-refractivity contribution in [2.45, 2.75) is 70.7 Å². The molecule has 32 heavy (non-hydrogen) atoms. The van der Waals surface area contributed by atoms with Crippen molar-refractivity contribution in [3.63, 3.8) is 0 Å². The molecule has 0 aromatic heterocycles. The maximum absolute atomic E-state index is 13.7. The molecule has 2 aliphatic heterocycles. The number of aliphatic hydroxyl groups is 1. The lowest BCUT2D eigenvalue weighted by molar-refractivity contribution is -0.158. The molecule has 1 spiro atoms. The Hall–Kier alpha value is -1.63. The van der Waals surface area contributed by atoms with Gasteiger partial charge in [-0.1, -0.05) is 51.4 Å². The molecule has 4 rings (SSSR count). The number of nitrogens with two attached hydrogens (primary N) is 1. The molecule has 5 atom stereocenters. The van der Waals surface area contributed by atoms with Crippen molar-refractivity contribution in [2.75, 3.05) is 13.1 Å². The minimum atomic E-state index is -1.04. The van der Waals surface area contributed by atoms with Gasteiger partial charge >= 0.3 is 0 Å². The molecule has 0 bridgehead atoms. The van der Waals surface area contributed by atoms with Gasteiger partial charge in [0.25, 0.3) is 0 Å². The summed E-state index contributed by atoms with van der Waals surface area (Å²) < 4.78 is 6.14. The predicted octanol–water partition coefficient (Wildman–Crippen LogP) is 3.48. The van der Waals surface area contributed by atoms with Crippen LogP contribution in [0.5, 0.6) is 0 Å². The first-order chi connectivity index (χ1) is 14.9. The van der Waals surface area contributed by atoms with E-state index in [-0.39, 0.29) is 41.3 Å². The standard InChI is InChI=1S/C25H35ClN2O4/c1-15(2)19(20-24(32-20)10-9-16(13-24)21(27)29)22(30)28-12-11-25(31,23(3,4)14-28)17-5-7-18(26)8-6-17/h5-8,15-16,19-20,31H,9-14H2,1-4H3,(H2,27,29)/t16?,19-,20?,24?,25+/m1/s1. The zero-order valence-corrected chi connectivity index (χ0v) is 20.2. The SMILES string of the molecule is CC(C)[C@@H](C(=O)N1CC[C@](O)(c2ccc(Cl)cc2)C(C)(C)C1)C1OC12CCC(C(N)=O)C2. The van der Waals surface area contributed by atoms with E-state index in [1.165, 1.54) is 0 Å². The highest BCUT2D eigenvalue weighted by Crippen LogP contribution is 2.56. The molecule has 3 unspecified atom stereocenters. The van der Waals surface area contributed by atoms with Gasteiger partial charge in [-0.2, -0.15) is 0 Å². The van der Waals surface area contributed by atoms with E-state index in [0.29, 0.717) is 31.0 Å². The topological polar surface area (TPSA) is 96.2 Å². The summed E-state index contributed by atoms with van der Waals surface area (Å²) in [6.45, 7) is 9.06. The average molecular weight is 463 g/mol. The van der Waals surface area contributed by atoms with Gasteiger partial charge in [0.05, 0.1) is 23.2 Å². The number of hydrogen-bond donors (Lipinski definition) is 2. The highest BCUT2D eigenvalue weighted by atomic mass is 35.5. The molecule has 3 N–H and O–H groups in total. The molecule has 0 radical (unpaired) electrons. The summed E-state index contributed by atoms with van der Waals surface area (Å²) in [5.74, 6) is -0.511. The summed E-state index contributed by atoms with van der Waals surface area (Å²) in [7, 11) is 0. The van der Waals surface area contributed by atoms with Gasteiger partial charge in [0.2, 0.25) is 11.8 Å². The third-order valence-electron chi connectivity index (χ3n) is 8.15. The maximum Gasteiger partial charge on any atom is 0.228 e. The molecule has 7 heteroatoms. The zero-order valence-electron chi connectivity index (χ0n) is 19.4. The largest absolute Gasteiger partial charge is 0.384 e. The van der Waals surface area contributed by atoms with Crippen LogP contribution in [0.1, 0.15) is 58.9 Å². The number of carbonyl (C=O) groups is 2. The van der Waals surface area contributed by atoms with Gasteiger partial charge < -0.3 is 20.5 Å². The van der Waals surface area contributed by atoms with Crippen LogP contribution in [-0.2, 0) is 19.9 Å². The smallest absolute Gasteiger partial charge is 0.228 e. The fraction of sp³-hybridized carbons (Fsp3) is 0.680. The molecule has 1 aromatic rings. The average Bonchev–Trinajstić information content (AvgIpc) is 3.20. The molecule has 1 saturated carbocycles. The molecular formula is C25H35ClN2O4. The van der Waals surface area contributed by atoms with E-state index in [2.05, 4.69) is 13.8 Å². The summed E-state index contributed by atoms with van der Waals surface area (Å²) in [6.07, 6.45) is 2.42. The molecule has 176 valence electrons. The van der Waals surface area contributed by atoms with Crippen LogP contribution in [0.4, 0.5) is 0 Å². The molecule has 2 saturated heterocycles. The van der Waals surface area contributed by atoms with Gasteiger partial charge in [0.1, 0.15) is 0 Å². The quantitative estimate of drug-likeness (QED) is 0.654. The Morgan fingerprint density at radius 3 is 2.41 bits per heavy atom. The van der Waals surface area contributed by atoms with Gasteiger partial charge in [-0.15, -0.1) is 0 Å². The Labute approximate surface area is 195 Å². The molecule has 1 aromatic carbocycles. The summed E-state index contributed by atoms with van der Waals surface area (Å²) in [5, 5.41) is 12.3. The van der Waals surface area contributed by atoms with Gasteiger partial charge in [-0.25, -0.2) is 0 Å². The summed E-state index contributed by atoms with van der Waals surface area (Å²) in [6, 6.07) is 7.33. The number of carbonyl (C=O) groups excluding carboxylic acids is 2. The lowest BCUT2D eigenvalue weighted by atomic mass is 9.66. The maximum atomic E-state index is 13.7. The third-order valence-corrected chi connectivity index (χ3v) is 8.40. The van der Waals surface area contributed by atoms with Gasteiger partial charge in [0, 0.05) is 29.4 Å². The van der Waals surface area contributed by atoms with Crippen LogP contribution in [0.25, 0.3) is 0 Å². The van der Waals surface area contributed by atoms with E-state index in [1.807, 2.05) is 30.9 Å². The monoisotopic (exact) mass is 462 g/mol. The summed E-state index contributed by atoms with van der Waals surface area (Å²) >= 11 is 6.04. The number of benzene rings is 1. The number of nitrogens with zero attached hydrogens (tertiary/aromatic N) is 1. The van der Waals surface area contributed by atoms with Crippen LogP contribution >= 0.6 is 11.6 Å². The normalized spacial score (nSPS) is 34.7. The van der Waals surface area contributed by atoms with Crippen molar-refractivity contribution >= 4 is 23.4 Å². The van der Waals surface area contributed by atoms with Crippen LogP contribution < -0.4 is 5.73 Å². The number of amides is 2. The van der Waals surface area contributed by atoms with Crippen LogP contribution in [0.2, 0.25) is 5.02 Å². The number of rotatable bonds is 5. The Kier molecular flexibility index (Phi) is 5.88. The van der Waals surface area contributed by atoms with E-state index in [0.717, 1.165) is 18.4 Å².